The molecule has 1 amide bonds. The minimum absolute atomic E-state index is 0.175. The Hall–Kier alpha value is -1.88. The van der Waals surface area contributed by atoms with Crippen molar-refractivity contribution >= 4 is 11.9 Å². The second kappa shape index (κ2) is 6.05. The lowest BCUT2D eigenvalue weighted by molar-refractivity contribution is -0.148. The van der Waals surface area contributed by atoms with Gasteiger partial charge in [-0.2, -0.15) is 0 Å². The van der Waals surface area contributed by atoms with E-state index in [0.717, 1.165) is 0 Å². The number of nitrogens with one attached hydrogen (secondary N) is 1. The van der Waals surface area contributed by atoms with Gasteiger partial charge in [0.15, 0.2) is 5.54 Å². The van der Waals surface area contributed by atoms with Crippen LogP contribution in [0.4, 0.5) is 0 Å². The molecule has 0 aliphatic carbocycles. The predicted octanol–water partition coefficient (Wildman–Crippen LogP) is 1.53. The van der Waals surface area contributed by atoms with Crippen LogP contribution in [0.25, 0.3) is 0 Å². The van der Waals surface area contributed by atoms with Crippen LogP contribution >= 0.6 is 0 Å². The van der Waals surface area contributed by atoms with Gasteiger partial charge in [0, 0.05) is 19.1 Å². The number of ether oxygens (including phenoxy) is 1. The molecule has 108 valence electrons. The van der Waals surface area contributed by atoms with E-state index in [1.54, 1.807) is 24.3 Å². The Kier molecular flexibility index (Phi) is 4.39. The van der Waals surface area contributed by atoms with Gasteiger partial charge in [-0.05, 0) is 25.3 Å². The van der Waals surface area contributed by atoms with E-state index >= 15 is 0 Å². The molecule has 0 spiro atoms. The summed E-state index contributed by atoms with van der Waals surface area (Å²) in [4.78, 5) is 23.9. The van der Waals surface area contributed by atoms with Crippen LogP contribution in [0.1, 0.15) is 25.3 Å². The topological polar surface area (TPSA) is 75.6 Å². The Morgan fingerprint density at radius 1 is 1.25 bits per heavy atom. The lowest BCUT2D eigenvalue weighted by atomic mass is 9.90. The van der Waals surface area contributed by atoms with Crippen molar-refractivity contribution in [1.82, 2.24) is 5.32 Å². The minimum Gasteiger partial charge on any atom is -0.479 e. The lowest BCUT2D eigenvalue weighted by Crippen LogP contribution is -2.51. The van der Waals surface area contributed by atoms with Crippen LogP contribution in [-0.2, 0) is 19.9 Å². The smallest absolute Gasteiger partial charge is 0.333 e. The number of benzene rings is 1. The summed E-state index contributed by atoms with van der Waals surface area (Å²) in [5, 5.41) is 12.2. The van der Waals surface area contributed by atoms with Crippen LogP contribution in [-0.4, -0.2) is 30.2 Å². The van der Waals surface area contributed by atoms with E-state index < -0.39 is 11.5 Å². The SMILES string of the molecule is CC(NC(=O)C1CCOCC1)(C(=O)O)c1ccccc1. The normalized spacial score (nSPS) is 19.1. The van der Waals surface area contributed by atoms with Crippen molar-refractivity contribution in [3.05, 3.63) is 35.9 Å². The number of rotatable bonds is 4. The molecular formula is C15H19NO4. The zero-order valence-corrected chi connectivity index (χ0v) is 11.5. The molecule has 1 aliphatic heterocycles. The highest BCUT2D eigenvalue weighted by Crippen LogP contribution is 2.23. The van der Waals surface area contributed by atoms with E-state index in [9.17, 15) is 14.7 Å². The zero-order valence-electron chi connectivity index (χ0n) is 11.5. The summed E-state index contributed by atoms with van der Waals surface area (Å²) in [5.41, 5.74) is -0.843. The van der Waals surface area contributed by atoms with Gasteiger partial charge in [0.05, 0.1) is 0 Å². The molecule has 0 aromatic heterocycles. The monoisotopic (exact) mass is 277 g/mol. The molecule has 1 aliphatic rings. The summed E-state index contributed by atoms with van der Waals surface area (Å²) in [6.07, 6.45) is 1.27. The van der Waals surface area contributed by atoms with E-state index in [2.05, 4.69) is 5.32 Å². The standard InChI is InChI=1S/C15H19NO4/c1-15(14(18)19,12-5-3-2-4-6-12)16-13(17)11-7-9-20-10-8-11/h2-6,11H,7-10H2,1H3,(H,16,17)(H,18,19). The molecule has 1 saturated heterocycles. The first-order valence-electron chi connectivity index (χ1n) is 6.73. The number of amides is 1. The molecule has 1 unspecified atom stereocenters. The number of hydrogen-bond acceptors (Lipinski definition) is 3. The largest absolute Gasteiger partial charge is 0.479 e. The third-order valence-electron chi connectivity index (χ3n) is 3.74. The van der Waals surface area contributed by atoms with Crippen LogP contribution in [0.3, 0.4) is 0 Å². The lowest BCUT2D eigenvalue weighted by Gasteiger charge is -2.30. The molecule has 0 radical (unpaired) electrons. The fourth-order valence-corrected chi connectivity index (χ4v) is 2.33. The van der Waals surface area contributed by atoms with Crippen molar-refractivity contribution in [2.75, 3.05) is 13.2 Å². The van der Waals surface area contributed by atoms with Crippen LogP contribution in [0, 0.1) is 5.92 Å². The third kappa shape index (κ3) is 2.99. The first kappa shape index (κ1) is 14.5. The molecule has 1 aromatic carbocycles. The number of carbonyl (C=O) groups excluding carboxylic acids is 1. The Morgan fingerprint density at radius 2 is 1.85 bits per heavy atom. The second-order valence-corrected chi connectivity index (χ2v) is 5.17. The third-order valence-corrected chi connectivity index (χ3v) is 3.74. The maximum absolute atomic E-state index is 12.3. The molecule has 5 heteroatoms. The molecule has 1 aromatic rings. The second-order valence-electron chi connectivity index (χ2n) is 5.17. The highest BCUT2D eigenvalue weighted by atomic mass is 16.5. The molecule has 0 bridgehead atoms. The fourth-order valence-electron chi connectivity index (χ4n) is 2.33. The maximum atomic E-state index is 12.3. The van der Waals surface area contributed by atoms with Gasteiger partial charge in [0.2, 0.25) is 5.91 Å². The summed E-state index contributed by atoms with van der Waals surface area (Å²) in [6.45, 7) is 2.61. The van der Waals surface area contributed by atoms with Crippen molar-refractivity contribution in [3.63, 3.8) is 0 Å². The minimum atomic E-state index is -1.41. The van der Waals surface area contributed by atoms with Crippen LogP contribution in [0.2, 0.25) is 0 Å². The number of carbonyl (C=O) groups is 2. The Bertz CT molecular complexity index is 482. The molecule has 2 rings (SSSR count). The summed E-state index contributed by atoms with van der Waals surface area (Å²) in [5.74, 6) is -1.46. The summed E-state index contributed by atoms with van der Waals surface area (Å²) < 4.78 is 5.22. The highest BCUT2D eigenvalue weighted by Gasteiger charge is 2.38. The van der Waals surface area contributed by atoms with E-state index in [0.29, 0.717) is 31.6 Å². The van der Waals surface area contributed by atoms with Gasteiger partial charge in [-0.1, -0.05) is 30.3 Å². The van der Waals surface area contributed by atoms with Crippen molar-refractivity contribution < 1.29 is 19.4 Å². The summed E-state index contributed by atoms with van der Waals surface area (Å²) in [7, 11) is 0. The molecule has 1 fully saturated rings. The summed E-state index contributed by atoms with van der Waals surface area (Å²) >= 11 is 0. The van der Waals surface area contributed by atoms with Gasteiger partial charge < -0.3 is 15.2 Å². The average molecular weight is 277 g/mol. The van der Waals surface area contributed by atoms with Crippen LogP contribution in [0.15, 0.2) is 30.3 Å². The Morgan fingerprint density at radius 3 is 2.40 bits per heavy atom. The molecule has 1 atom stereocenters. The molecule has 20 heavy (non-hydrogen) atoms. The van der Waals surface area contributed by atoms with E-state index in [1.165, 1.54) is 6.92 Å². The van der Waals surface area contributed by atoms with Crippen molar-refractivity contribution in [2.45, 2.75) is 25.3 Å². The quantitative estimate of drug-likeness (QED) is 0.875. The molecule has 1 heterocycles. The summed E-state index contributed by atoms with van der Waals surface area (Å²) in [6, 6.07) is 8.75. The van der Waals surface area contributed by atoms with Crippen LogP contribution in [0.5, 0.6) is 0 Å². The first-order valence-corrected chi connectivity index (χ1v) is 6.73. The zero-order chi connectivity index (χ0) is 14.6. The molecule has 2 N–H and O–H groups in total. The average Bonchev–Trinajstić information content (AvgIpc) is 2.48. The highest BCUT2D eigenvalue weighted by molar-refractivity contribution is 5.88. The molecular weight excluding hydrogens is 258 g/mol. The predicted molar refractivity (Wildman–Crippen MR) is 73.1 cm³/mol. The molecule has 5 nitrogen and oxygen atoms in total. The van der Waals surface area contributed by atoms with Crippen LogP contribution < -0.4 is 5.32 Å². The molecule has 0 saturated carbocycles. The van der Waals surface area contributed by atoms with Gasteiger partial charge in [-0.3, -0.25) is 4.79 Å². The van der Waals surface area contributed by atoms with Crippen molar-refractivity contribution in [2.24, 2.45) is 5.92 Å². The van der Waals surface area contributed by atoms with Gasteiger partial charge >= 0.3 is 5.97 Å². The van der Waals surface area contributed by atoms with Gasteiger partial charge in [-0.25, -0.2) is 4.79 Å². The number of hydrogen-bond donors (Lipinski definition) is 2. The van der Waals surface area contributed by atoms with E-state index in [-0.39, 0.29) is 11.8 Å². The van der Waals surface area contributed by atoms with Gasteiger partial charge in [-0.15, -0.1) is 0 Å². The maximum Gasteiger partial charge on any atom is 0.333 e. The number of aliphatic carboxylic acids is 1. The Labute approximate surface area is 117 Å². The van der Waals surface area contributed by atoms with E-state index in [4.69, 9.17) is 4.74 Å². The van der Waals surface area contributed by atoms with Crippen molar-refractivity contribution in [1.29, 1.82) is 0 Å². The Balaban J connectivity index is 2.17. The van der Waals surface area contributed by atoms with E-state index in [1.807, 2.05) is 6.07 Å². The first-order chi connectivity index (χ1) is 9.54. The van der Waals surface area contributed by atoms with Crippen molar-refractivity contribution in [3.8, 4) is 0 Å². The fraction of sp³-hybridized carbons (Fsp3) is 0.467. The number of carboxylic acids is 1. The van der Waals surface area contributed by atoms with Gasteiger partial charge in [0.1, 0.15) is 0 Å². The van der Waals surface area contributed by atoms with Gasteiger partial charge in [0.25, 0.3) is 0 Å². The number of carboxylic acid groups (broad SMARTS) is 1.